The molecule has 0 unspecified atom stereocenters. The minimum absolute atomic E-state index is 0.189. The number of nitrogens with zero attached hydrogens (tertiary/aromatic N) is 3. The van der Waals surface area contributed by atoms with E-state index >= 15 is 0 Å². The zero-order valence-corrected chi connectivity index (χ0v) is 26.6. The smallest absolute Gasteiger partial charge is 0.154 e. The van der Waals surface area contributed by atoms with Crippen molar-refractivity contribution in [2.24, 2.45) is 4.99 Å². The van der Waals surface area contributed by atoms with Gasteiger partial charge in [-0.05, 0) is 41.5 Å². The normalized spacial score (nSPS) is 11.9. The van der Waals surface area contributed by atoms with Crippen molar-refractivity contribution in [2.45, 2.75) is 0 Å². The molecule has 0 saturated carbocycles. The van der Waals surface area contributed by atoms with Crippen LogP contribution in [0.2, 0.25) is 0 Å². The molecule has 0 atom stereocenters. The fourth-order valence-electron chi connectivity index (χ4n) is 6.96. The van der Waals surface area contributed by atoms with Gasteiger partial charge in [0.15, 0.2) is 11.7 Å². The van der Waals surface area contributed by atoms with Gasteiger partial charge in [0.2, 0.25) is 0 Å². The van der Waals surface area contributed by atoms with Gasteiger partial charge in [-0.1, -0.05) is 146 Å². The quantitative estimate of drug-likeness (QED) is 0.144. The highest BCUT2D eigenvalue weighted by molar-refractivity contribution is 6.26. The number of aliphatic imine (C=N–C) groups is 1. The summed E-state index contributed by atoms with van der Waals surface area (Å²) < 4.78 is 4.52. The molecule has 7 aromatic carbocycles. The third-order valence-electron chi connectivity index (χ3n) is 9.24. The first-order chi connectivity index (χ1) is 24.2. The lowest BCUT2D eigenvalue weighted by molar-refractivity contribution is 1.08. The van der Waals surface area contributed by atoms with E-state index in [-0.39, 0.29) is 5.84 Å². The zero-order chi connectivity index (χ0) is 32.7. The van der Waals surface area contributed by atoms with Crippen LogP contribution in [-0.2, 0) is 0 Å². The highest BCUT2D eigenvalue weighted by Gasteiger charge is 2.21. The molecule has 0 fully saturated rings. The van der Waals surface area contributed by atoms with Crippen molar-refractivity contribution in [3.05, 3.63) is 187 Å². The number of amidine groups is 2. The SMILES string of the molecule is N=C(N=C(Nn1c2ccccc2c2c1ccc1c3ccccc3n(-c3ccc(-c4ccccc4)cc3)c12)c1ccccc1)c1ccccc1. The first kappa shape index (κ1) is 28.5. The summed E-state index contributed by atoms with van der Waals surface area (Å²) in [6.07, 6.45) is 0. The Morgan fingerprint density at radius 3 is 1.76 bits per heavy atom. The summed E-state index contributed by atoms with van der Waals surface area (Å²) in [6.45, 7) is 0. The Kier molecular flexibility index (Phi) is 6.87. The molecule has 5 nitrogen and oxygen atoms in total. The highest BCUT2D eigenvalue weighted by atomic mass is 15.4. The third kappa shape index (κ3) is 4.88. The molecule has 49 heavy (non-hydrogen) atoms. The van der Waals surface area contributed by atoms with Gasteiger partial charge in [0, 0.05) is 38.4 Å². The Hall–Kier alpha value is -6.72. The minimum atomic E-state index is 0.189. The van der Waals surface area contributed by atoms with Crippen molar-refractivity contribution in [3.63, 3.8) is 0 Å². The molecule has 0 aliphatic carbocycles. The number of hydrogen-bond donors (Lipinski definition) is 2. The molecular formula is C44H31N5. The molecule has 9 rings (SSSR count). The van der Waals surface area contributed by atoms with Crippen LogP contribution in [0.1, 0.15) is 11.1 Å². The molecule has 2 aromatic heterocycles. The summed E-state index contributed by atoms with van der Waals surface area (Å²) in [7, 11) is 0. The molecule has 5 heteroatoms. The van der Waals surface area contributed by atoms with Crippen molar-refractivity contribution in [1.82, 2.24) is 9.24 Å². The van der Waals surface area contributed by atoms with Crippen LogP contribution >= 0.6 is 0 Å². The van der Waals surface area contributed by atoms with Crippen molar-refractivity contribution in [1.29, 1.82) is 5.41 Å². The summed E-state index contributed by atoms with van der Waals surface area (Å²) in [5, 5.41) is 13.6. The van der Waals surface area contributed by atoms with Crippen molar-refractivity contribution in [3.8, 4) is 16.8 Å². The van der Waals surface area contributed by atoms with Crippen LogP contribution < -0.4 is 5.43 Å². The summed E-state index contributed by atoms with van der Waals surface area (Å²) in [5.74, 6) is 0.781. The van der Waals surface area contributed by atoms with Gasteiger partial charge in [-0.2, -0.15) is 0 Å². The van der Waals surface area contributed by atoms with E-state index in [1.165, 1.54) is 21.9 Å². The molecular weight excluding hydrogens is 599 g/mol. The molecule has 0 amide bonds. The summed E-state index contributed by atoms with van der Waals surface area (Å²) in [4.78, 5) is 4.86. The maximum absolute atomic E-state index is 8.89. The number of hydrogen-bond acceptors (Lipinski definition) is 1. The average Bonchev–Trinajstić information content (AvgIpc) is 3.68. The number of fused-ring (bicyclic) bond motifs is 7. The standard InChI is InChI=1S/C44H31N5/c45-43(32-16-6-2-7-17-32)46-44(33-18-8-3-9-19-33)47-49-39-23-13-11-21-37(39)41-40(49)29-28-36-35-20-10-12-22-38(35)48(42(36)41)34-26-24-31(25-27-34)30-14-4-1-5-15-30/h1-29H,(H2,45,46,47). The number of benzene rings is 7. The van der Waals surface area contributed by atoms with Crippen molar-refractivity contribution >= 4 is 55.3 Å². The summed E-state index contributed by atoms with van der Waals surface area (Å²) >= 11 is 0. The molecule has 9 aromatic rings. The second-order valence-electron chi connectivity index (χ2n) is 12.1. The second-order valence-corrected chi connectivity index (χ2v) is 12.1. The minimum Gasteiger partial charge on any atom is -0.309 e. The maximum atomic E-state index is 8.89. The molecule has 0 aliphatic heterocycles. The van der Waals surface area contributed by atoms with E-state index in [1.54, 1.807) is 0 Å². The molecule has 2 N–H and O–H groups in total. The van der Waals surface area contributed by atoms with E-state index in [0.29, 0.717) is 5.84 Å². The monoisotopic (exact) mass is 629 g/mol. The maximum Gasteiger partial charge on any atom is 0.154 e. The van der Waals surface area contributed by atoms with Crippen LogP contribution in [0.25, 0.3) is 60.4 Å². The largest absolute Gasteiger partial charge is 0.309 e. The summed E-state index contributed by atoms with van der Waals surface area (Å²) in [5.41, 5.74) is 13.1. The van der Waals surface area contributed by atoms with Gasteiger partial charge in [0.05, 0.1) is 22.1 Å². The van der Waals surface area contributed by atoms with Crippen molar-refractivity contribution in [2.75, 3.05) is 5.43 Å². The average molecular weight is 630 g/mol. The number of para-hydroxylation sites is 2. The number of nitrogens with one attached hydrogen (secondary N) is 2. The lowest BCUT2D eigenvalue weighted by Gasteiger charge is -2.15. The van der Waals surface area contributed by atoms with E-state index in [1.807, 2.05) is 60.7 Å². The Balaban J connectivity index is 1.28. The lowest BCUT2D eigenvalue weighted by atomic mass is 10.1. The van der Waals surface area contributed by atoms with Gasteiger partial charge >= 0.3 is 0 Å². The number of aromatic nitrogens is 2. The Labute approximate surface area is 283 Å². The van der Waals surface area contributed by atoms with Crippen LogP contribution in [0.15, 0.2) is 181 Å². The van der Waals surface area contributed by atoms with E-state index in [9.17, 15) is 0 Å². The first-order valence-electron chi connectivity index (χ1n) is 16.4. The van der Waals surface area contributed by atoms with E-state index in [0.717, 1.165) is 49.7 Å². The van der Waals surface area contributed by atoms with Crippen LogP contribution in [0.3, 0.4) is 0 Å². The Bertz CT molecular complexity index is 2670. The van der Waals surface area contributed by atoms with Gasteiger partial charge in [-0.15, -0.1) is 0 Å². The third-order valence-corrected chi connectivity index (χ3v) is 9.24. The van der Waals surface area contributed by atoms with Crippen LogP contribution in [0.4, 0.5) is 0 Å². The molecule has 0 radical (unpaired) electrons. The van der Waals surface area contributed by atoms with Gasteiger partial charge in [0.25, 0.3) is 0 Å². The summed E-state index contributed by atoms with van der Waals surface area (Å²) in [6, 6.07) is 60.6. The Morgan fingerprint density at radius 1 is 0.469 bits per heavy atom. The zero-order valence-electron chi connectivity index (χ0n) is 26.6. The van der Waals surface area contributed by atoms with E-state index in [4.69, 9.17) is 10.4 Å². The molecule has 232 valence electrons. The number of rotatable bonds is 5. The topological polar surface area (TPSA) is 58.1 Å². The molecule has 2 heterocycles. The molecule has 0 bridgehead atoms. The van der Waals surface area contributed by atoms with Gasteiger partial charge < -0.3 is 4.57 Å². The van der Waals surface area contributed by atoms with E-state index < -0.39 is 0 Å². The molecule has 0 saturated heterocycles. The van der Waals surface area contributed by atoms with Gasteiger partial charge in [0.1, 0.15) is 0 Å². The molecule has 0 spiro atoms. The highest BCUT2D eigenvalue weighted by Crippen LogP contribution is 2.40. The fraction of sp³-hybridized carbons (Fsp3) is 0. The van der Waals surface area contributed by atoms with Gasteiger partial charge in [-0.3, -0.25) is 15.5 Å². The van der Waals surface area contributed by atoms with Crippen LogP contribution in [0.5, 0.6) is 0 Å². The lowest BCUT2D eigenvalue weighted by Crippen LogP contribution is -2.25. The predicted octanol–water partition coefficient (Wildman–Crippen LogP) is 10.6. The van der Waals surface area contributed by atoms with Crippen LogP contribution in [-0.4, -0.2) is 20.9 Å². The Morgan fingerprint density at radius 2 is 1.04 bits per heavy atom. The fourth-order valence-corrected chi connectivity index (χ4v) is 6.96. The van der Waals surface area contributed by atoms with Crippen LogP contribution in [0, 0.1) is 5.41 Å². The second kappa shape index (κ2) is 11.8. The van der Waals surface area contributed by atoms with Gasteiger partial charge in [-0.25, -0.2) is 4.99 Å². The van der Waals surface area contributed by atoms with Crippen molar-refractivity contribution < 1.29 is 0 Å². The first-order valence-corrected chi connectivity index (χ1v) is 16.4. The van der Waals surface area contributed by atoms with E-state index in [2.05, 4.69) is 130 Å². The molecule has 0 aliphatic rings. The predicted molar refractivity (Wildman–Crippen MR) is 205 cm³/mol.